The highest BCUT2D eigenvalue weighted by atomic mass is 16.6. The normalized spacial score (nSPS) is 10.3. The zero-order valence-electron chi connectivity index (χ0n) is 12.5. The van der Waals surface area contributed by atoms with Crippen LogP contribution in [0.4, 0.5) is 10.5 Å². The van der Waals surface area contributed by atoms with Crippen molar-refractivity contribution in [3.63, 3.8) is 0 Å². The Balaban J connectivity index is 2.90. The smallest absolute Gasteiger partial charge is 0.414 e. The number of nitro benzene ring substituents is 1. The third kappa shape index (κ3) is 5.27. The van der Waals surface area contributed by atoms with Crippen LogP contribution in [0.1, 0.15) is 0 Å². The monoisotopic (exact) mass is 297 g/mol. The maximum absolute atomic E-state index is 11.5. The van der Waals surface area contributed by atoms with E-state index in [9.17, 15) is 14.9 Å². The zero-order valence-corrected chi connectivity index (χ0v) is 12.5. The van der Waals surface area contributed by atoms with Crippen LogP contribution in [0.5, 0.6) is 11.5 Å². The van der Waals surface area contributed by atoms with E-state index in [2.05, 4.69) is 0 Å². The lowest BCUT2D eigenvalue weighted by Crippen LogP contribution is -2.25. The first kappa shape index (κ1) is 16.7. The largest absolute Gasteiger partial charge is 0.492 e. The van der Waals surface area contributed by atoms with Crippen LogP contribution in [0.2, 0.25) is 0 Å². The first-order valence-electron chi connectivity index (χ1n) is 6.26. The van der Waals surface area contributed by atoms with E-state index < -0.39 is 11.0 Å². The minimum atomic E-state index is -0.691. The van der Waals surface area contributed by atoms with Gasteiger partial charge in [0.1, 0.15) is 12.4 Å². The van der Waals surface area contributed by atoms with E-state index in [1.807, 2.05) is 19.0 Å². The number of ether oxygens (including phenoxy) is 2. The van der Waals surface area contributed by atoms with Gasteiger partial charge in [-0.3, -0.25) is 10.1 Å². The molecule has 0 aliphatic rings. The molecule has 0 aromatic heterocycles. The van der Waals surface area contributed by atoms with Gasteiger partial charge in [-0.15, -0.1) is 0 Å². The van der Waals surface area contributed by atoms with E-state index in [1.165, 1.54) is 37.2 Å². The van der Waals surface area contributed by atoms with Gasteiger partial charge in [0.05, 0.1) is 4.92 Å². The molecule has 0 heterocycles. The first-order chi connectivity index (χ1) is 9.81. The number of rotatable bonds is 6. The number of hydrogen-bond donors (Lipinski definition) is 0. The lowest BCUT2D eigenvalue weighted by atomic mass is 10.3. The van der Waals surface area contributed by atoms with Crippen molar-refractivity contribution < 1.29 is 19.2 Å². The SMILES string of the molecule is CN(C)CCOc1ccc([N+](=O)[O-])c(OC(=O)N(C)C)c1. The first-order valence-corrected chi connectivity index (χ1v) is 6.26. The molecule has 0 atom stereocenters. The zero-order chi connectivity index (χ0) is 16.0. The van der Waals surface area contributed by atoms with Crippen molar-refractivity contribution in [3.8, 4) is 11.5 Å². The average molecular weight is 297 g/mol. The third-order valence-electron chi connectivity index (χ3n) is 2.50. The Hall–Kier alpha value is -2.35. The second-order valence-electron chi connectivity index (χ2n) is 4.80. The molecule has 0 aliphatic heterocycles. The highest BCUT2D eigenvalue weighted by Crippen LogP contribution is 2.31. The Morgan fingerprint density at radius 1 is 1.29 bits per heavy atom. The van der Waals surface area contributed by atoms with Crippen molar-refractivity contribution in [2.24, 2.45) is 0 Å². The molecule has 116 valence electrons. The van der Waals surface area contributed by atoms with Gasteiger partial charge < -0.3 is 19.3 Å². The number of hydrogen-bond acceptors (Lipinski definition) is 6. The van der Waals surface area contributed by atoms with Crippen molar-refractivity contribution >= 4 is 11.8 Å². The molecule has 1 aromatic rings. The number of benzene rings is 1. The summed E-state index contributed by atoms with van der Waals surface area (Å²) in [5, 5.41) is 10.9. The Morgan fingerprint density at radius 2 is 1.95 bits per heavy atom. The Morgan fingerprint density at radius 3 is 2.48 bits per heavy atom. The van der Waals surface area contributed by atoms with Crippen molar-refractivity contribution in [2.75, 3.05) is 41.3 Å². The van der Waals surface area contributed by atoms with Gasteiger partial charge in [0.15, 0.2) is 0 Å². The molecule has 0 unspecified atom stereocenters. The minimum Gasteiger partial charge on any atom is -0.492 e. The van der Waals surface area contributed by atoms with E-state index in [1.54, 1.807) is 0 Å². The van der Waals surface area contributed by atoms with Gasteiger partial charge in [0.25, 0.3) is 0 Å². The number of carbonyl (C=O) groups is 1. The summed E-state index contributed by atoms with van der Waals surface area (Å²) >= 11 is 0. The van der Waals surface area contributed by atoms with E-state index >= 15 is 0 Å². The lowest BCUT2D eigenvalue weighted by Gasteiger charge is -2.13. The van der Waals surface area contributed by atoms with Crippen LogP contribution in [0.25, 0.3) is 0 Å². The number of nitro groups is 1. The Bertz CT molecular complexity index is 517. The van der Waals surface area contributed by atoms with Crippen molar-refractivity contribution in [1.29, 1.82) is 0 Å². The molecule has 0 aliphatic carbocycles. The lowest BCUT2D eigenvalue weighted by molar-refractivity contribution is -0.385. The van der Waals surface area contributed by atoms with Crippen LogP contribution in [-0.2, 0) is 0 Å². The molecule has 21 heavy (non-hydrogen) atoms. The number of nitrogens with zero attached hydrogens (tertiary/aromatic N) is 3. The molecule has 1 rings (SSSR count). The summed E-state index contributed by atoms with van der Waals surface area (Å²) in [6, 6.07) is 4.07. The van der Waals surface area contributed by atoms with Crippen LogP contribution < -0.4 is 9.47 Å². The Labute approximate surface area is 123 Å². The summed E-state index contributed by atoms with van der Waals surface area (Å²) in [5.41, 5.74) is -0.287. The molecule has 1 aromatic carbocycles. The van der Waals surface area contributed by atoms with Gasteiger partial charge in [0, 0.05) is 32.8 Å². The summed E-state index contributed by atoms with van der Waals surface area (Å²) in [7, 11) is 6.80. The van der Waals surface area contributed by atoms with Gasteiger partial charge in [-0.05, 0) is 20.2 Å². The summed E-state index contributed by atoms with van der Waals surface area (Å²) in [4.78, 5) is 25.0. The highest BCUT2D eigenvalue weighted by molar-refractivity contribution is 5.72. The van der Waals surface area contributed by atoms with E-state index in [0.29, 0.717) is 18.9 Å². The van der Waals surface area contributed by atoms with Crippen LogP contribution in [0.3, 0.4) is 0 Å². The van der Waals surface area contributed by atoms with Crippen LogP contribution in [0.15, 0.2) is 18.2 Å². The minimum absolute atomic E-state index is 0.138. The quantitative estimate of drug-likeness (QED) is 0.585. The van der Waals surface area contributed by atoms with Crippen LogP contribution >= 0.6 is 0 Å². The predicted molar refractivity (Wildman–Crippen MR) is 76.9 cm³/mol. The molecule has 8 heteroatoms. The topological polar surface area (TPSA) is 85.1 Å². The maximum Gasteiger partial charge on any atom is 0.414 e. The molecule has 0 saturated heterocycles. The molecule has 0 N–H and O–H groups in total. The van der Waals surface area contributed by atoms with Gasteiger partial charge in [-0.1, -0.05) is 0 Å². The molecule has 0 saturated carbocycles. The van der Waals surface area contributed by atoms with Gasteiger partial charge in [-0.25, -0.2) is 4.79 Å². The number of likely N-dealkylation sites (N-methyl/N-ethyl adjacent to an activating group) is 1. The summed E-state index contributed by atoms with van der Waals surface area (Å²) in [6.45, 7) is 1.12. The van der Waals surface area contributed by atoms with E-state index in [4.69, 9.17) is 9.47 Å². The fraction of sp³-hybridized carbons (Fsp3) is 0.462. The molecule has 0 spiro atoms. The van der Waals surface area contributed by atoms with Gasteiger partial charge >= 0.3 is 11.8 Å². The van der Waals surface area contributed by atoms with Crippen LogP contribution in [-0.4, -0.2) is 62.2 Å². The number of carbonyl (C=O) groups excluding carboxylic acids is 1. The van der Waals surface area contributed by atoms with Crippen LogP contribution in [0, 0.1) is 10.1 Å². The fourth-order valence-corrected chi connectivity index (χ4v) is 1.35. The maximum atomic E-state index is 11.5. The molecule has 8 nitrogen and oxygen atoms in total. The van der Waals surface area contributed by atoms with Crippen molar-refractivity contribution in [3.05, 3.63) is 28.3 Å². The molecule has 0 radical (unpaired) electrons. The molecular formula is C13H19N3O5. The summed E-state index contributed by atoms with van der Waals surface area (Å²) in [5.74, 6) is 0.269. The van der Waals surface area contributed by atoms with E-state index in [0.717, 1.165) is 0 Å². The molecule has 0 fully saturated rings. The predicted octanol–water partition coefficient (Wildman–Crippen LogP) is 1.60. The highest BCUT2D eigenvalue weighted by Gasteiger charge is 2.20. The molecular weight excluding hydrogens is 278 g/mol. The third-order valence-corrected chi connectivity index (χ3v) is 2.50. The summed E-state index contributed by atoms with van der Waals surface area (Å²) in [6.07, 6.45) is -0.691. The molecule has 1 amide bonds. The Kier molecular flexibility index (Phi) is 5.92. The standard InChI is InChI=1S/C13H19N3O5/c1-14(2)7-8-20-10-5-6-11(16(18)19)12(9-10)21-13(17)15(3)4/h5-6,9H,7-8H2,1-4H3. The van der Waals surface area contributed by atoms with Gasteiger partial charge in [-0.2, -0.15) is 0 Å². The molecule has 0 bridgehead atoms. The van der Waals surface area contributed by atoms with Crippen molar-refractivity contribution in [1.82, 2.24) is 9.80 Å². The average Bonchev–Trinajstić information content (AvgIpc) is 2.38. The number of amides is 1. The van der Waals surface area contributed by atoms with Crippen molar-refractivity contribution in [2.45, 2.75) is 0 Å². The van der Waals surface area contributed by atoms with Gasteiger partial charge in [0.2, 0.25) is 5.75 Å². The summed E-state index contributed by atoms with van der Waals surface area (Å²) < 4.78 is 10.5. The second kappa shape index (κ2) is 7.44. The van der Waals surface area contributed by atoms with E-state index in [-0.39, 0.29) is 11.4 Å². The fourth-order valence-electron chi connectivity index (χ4n) is 1.35. The second-order valence-corrected chi connectivity index (χ2v) is 4.80.